The van der Waals surface area contributed by atoms with Gasteiger partial charge in [0.25, 0.3) is 0 Å². The van der Waals surface area contributed by atoms with Crippen LogP contribution in [0.15, 0.2) is 67.5 Å². The van der Waals surface area contributed by atoms with Crippen molar-refractivity contribution >= 4 is 10.9 Å². The van der Waals surface area contributed by atoms with Gasteiger partial charge in [0.2, 0.25) is 0 Å². The number of benzene rings is 2. The van der Waals surface area contributed by atoms with E-state index in [0.717, 1.165) is 27.8 Å². The molecule has 0 N–H and O–H groups in total. The summed E-state index contributed by atoms with van der Waals surface area (Å²) in [6.07, 6.45) is 7.11. The van der Waals surface area contributed by atoms with E-state index in [9.17, 15) is 0 Å². The molecule has 0 amide bonds. The molecule has 0 atom stereocenters. The molecule has 4 rings (SSSR count). The molecule has 2 heterocycles. The first kappa shape index (κ1) is 14.6. The van der Waals surface area contributed by atoms with E-state index in [0.29, 0.717) is 5.92 Å². The summed E-state index contributed by atoms with van der Waals surface area (Å²) in [6, 6.07) is 14.8. The van der Waals surface area contributed by atoms with Crippen LogP contribution in [0.2, 0.25) is 0 Å². The zero-order valence-electron chi connectivity index (χ0n) is 13.7. The molecule has 4 nitrogen and oxygen atoms in total. The van der Waals surface area contributed by atoms with E-state index in [1.807, 2.05) is 10.8 Å². The van der Waals surface area contributed by atoms with Gasteiger partial charge in [0.15, 0.2) is 0 Å². The smallest absolute Gasteiger partial charge is 0.116 e. The number of hydrogen-bond donors (Lipinski definition) is 0. The van der Waals surface area contributed by atoms with Crippen LogP contribution in [0.3, 0.4) is 0 Å². The van der Waals surface area contributed by atoms with Crippen molar-refractivity contribution in [3.05, 3.63) is 73.1 Å². The molecule has 0 spiro atoms. The van der Waals surface area contributed by atoms with Crippen LogP contribution in [0.5, 0.6) is 0 Å². The van der Waals surface area contributed by atoms with E-state index < -0.39 is 0 Å². The molecule has 0 radical (unpaired) electrons. The van der Waals surface area contributed by atoms with E-state index in [1.54, 1.807) is 18.9 Å². The maximum absolute atomic E-state index is 4.51. The Hall–Kier alpha value is -3.01. The summed E-state index contributed by atoms with van der Waals surface area (Å²) < 4.78 is 1.97. The first-order chi connectivity index (χ1) is 11.7. The van der Waals surface area contributed by atoms with Crippen LogP contribution in [0, 0.1) is 0 Å². The van der Waals surface area contributed by atoms with Gasteiger partial charge in [0, 0.05) is 29.0 Å². The van der Waals surface area contributed by atoms with Crippen LogP contribution >= 0.6 is 0 Å². The second-order valence-corrected chi connectivity index (χ2v) is 6.17. The molecule has 0 saturated carbocycles. The molecule has 0 bridgehead atoms. The van der Waals surface area contributed by atoms with Gasteiger partial charge in [-0.15, -0.1) is 0 Å². The molecule has 4 aromatic rings. The molecule has 24 heavy (non-hydrogen) atoms. The van der Waals surface area contributed by atoms with Crippen molar-refractivity contribution in [1.82, 2.24) is 19.5 Å². The van der Waals surface area contributed by atoms with E-state index in [-0.39, 0.29) is 0 Å². The minimum Gasteiger partial charge on any atom is -0.306 e. The summed E-state index contributed by atoms with van der Waals surface area (Å²) in [6.45, 7) is 4.40. The lowest BCUT2D eigenvalue weighted by molar-refractivity contribution is 0.867. The third-order valence-corrected chi connectivity index (χ3v) is 4.27. The highest BCUT2D eigenvalue weighted by Crippen LogP contribution is 2.28. The fraction of sp³-hybridized carbons (Fsp3) is 0.150. The predicted octanol–water partition coefficient (Wildman–Crippen LogP) is 4.61. The molecular weight excluding hydrogens is 296 g/mol. The highest BCUT2D eigenvalue weighted by Gasteiger charge is 2.08. The van der Waals surface area contributed by atoms with Gasteiger partial charge in [0.05, 0.1) is 17.5 Å². The Labute approximate surface area is 140 Å². The average molecular weight is 314 g/mol. The number of imidazole rings is 1. The Balaban J connectivity index is 1.81. The molecule has 118 valence electrons. The summed E-state index contributed by atoms with van der Waals surface area (Å²) in [7, 11) is 0. The number of hydrogen-bond acceptors (Lipinski definition) is 3. The summed E-state index contributed by atoms with van der Waals surface area (Å²) in [5.74, 6) is 0.527. The molecule has 0 saturated heterocycles. The fourth-order valence-electron chi connectivity index (χ4n) is 2.87. The Morgan fingerprint density at radius 3 is 2.50 bits per heavy atom. The molecule has 0 aliphatic rings. The molecule has 4 heteroatoms. The molecule has 0 unspecified atom stereocenters. The SMILES string of the molecule is CC(C)c1ccc(-c2ncnc3cc(-n4ccnc4)ccc23)cc1. The second-order valence-electron chi connectivity index (χ2n) is 6.17. The van der Waals surface area contributed by atoms with Gasteiger partial charge >= 0.3 is 0 Å². The van der Waals surface area contributed by atoms with E-state index in [2.05, 4.69) is 71.3 Å². The van der Waals surface area contributed by atoms with Crippen molar-refractivity contribution in [1.29, 1.82) is 0 Å². The Morgan fingerprint density at radius 1 is 0.958 bits per heavy atom. The Bertz CT molecular complexity index is 970. The molecule has 0 fully saturated rings. The fourth-order valence-corrected chi connectivity index (χ4v) is 2.87. The van der Waals surface area contributed by atoms with Crippen LogP contribution in [0.1, 0.15) is 25.3 Å². The molecule has 0 aliphatic carbocycles. The lowest BCUT2D eigenvalue weighted by atomic mass is 9.99. The zero-order chi connectivity index (χ0) is 16.5. The van der Waals surface area contributed by atoms with Crippen molar-refractivity contribution in [3.63, 3.8) is 0 Å². The van der Waals surface area contributed by atoms with Gasteiger partial charge < -0.3 is 4.57 Å². The van der Waals surface area contributed by atoms with Crippen molar-refractivity contribution in [2.75, 3.05) is 0 Å². The van der Waals surface area contributed by atoms with Crippen LogP contribution in [-0.4, -0.2) is 19.5 Å². The van der Waals surface area contributed by atoms with Gasteiger partial charge in [-0.25, -0.2) is 15.0 Å². The third kappa shape index (κ3) is 2.56. The highest BCUT2D eigenvalue weighted by molar-refractivity contribution is 5.93. The number of nitrogens with zero attached hydrogens (tertiary/aromatic N) is 4. The largest absolute Gasteiger partial charge is 0.306 e. The highest BCUT2D eigenvalue weighted by atomic mass is 15.0. The average Bonchev–Trinajstić information content (AvgIpc) is 3.15. The standard InChI is InChI=1S/C20H18N4/c1-14(2)15-3-5-16(6-4-15)20-18-8-7-17(24-10-9-21-13-24)11-19(18)22-12-23-20/h3-14H,1-2H3. The van der Waals surface area contributed by atoms with Crippen molar-refractivity contribution in [2.24, 2.45) is 0 Å². The van der Waals surface area contributed by atoms with Gasteiger partial charge in [-0.1, -0.05) is 38.1 Å². The lowest BCUT2D eigenvalue weighted by Gasteiger charge is -2.09. The first-order valence-corrected chi connectivity index (χ1v) is 8.06. The normalized spacial score (nSPS) is 11.3. The van der Waals surface area contributed by atoms with E-state index >= 15 is 0 Å². The summed E-state index contributed by atoms with van der Waals surface area (Å²) in [4.78, 5) is 13.0. The van der Waals surface area contributed by atoms with E-state index in [4.69, 9.17) is 0 Å². The first-order valence-electron chi connectivity index (χ1n) is 8.06. The molecule has 2 aromatic heterocycles. The minimum atomic E-state index is 0.527. The summed E-state index contributed by atoms with van der Waals surface area (Å²) in [5, 5.41) is 1.05. The van der Waals surface area contributed by atoms with Crippen LogP contribution in [0.25, 0.3) is 27.8 Å². The van der Waals surface area contributed by atoms with Crippen molar-refractivity contribution < 1.29 is 0 Å². The molecular formula is C20H18N4. The number of rotatable bonds is 3. The van der Waals surface area contributed by atoms with Crippen molar-refractivity contribution in [2.45, 2.75) is 19.8 Å². The van der Waals surface area contributed by atoms with Gasteiger partial charge in [-0.3, -0.25) is 0 Å². The summed E-state index contributed by atoms with van der Waals surface area (Å²) >= 11 is 0. The monoisotopic (exact) mass is 314 g/mol. The maximum Gasteiger partial charge on any atom is 0.116 e. The Morgan fingerprint density at radius 2 is 1.79 bits per heavy atom. The van der Waals surface area contributed by atoms with Crippen LogP contribution in [-0.2, 0) is 0 Å². The predicted molar refractivity (Wildman–Crippen MR) is 96.2 cm³/mol. The third-order valence-electron chi connectivity index (χ3n) is 4.27. The van der Waals surface area contributed by atoms with Gasteiger partial charge in [0.1, 0.15) is 6.33 Å². The quantitative estimate of drug-likeness (QED) is 0.555. The van der Waals surface area contributed by atoms with Gasteiger partial charge in [-0.2, -0.15) is 0 Å². The van der Waals surface area contributed by atoms with E-state index in [1.165, 1.54) is 5.56 Å². The minimum absolute atomic E-state index is 0.527. The van der Waals surface area contributed by atoms with Gasteiger partial charge in [-0.05, 0) is 29.7 Å². The topological polar surface area (TPSA) is 43.6 Å². The van der Waals surface area contributed by atoms with Crippen molar-refractivity contribution in [3.8, 4) is 16.9 Å². The molecule has 2 aromatic carbocycles. The lowest BCUT2D eigenvalue weighted by Crippen LogP contribution is -1.94. The van der Waals surface area contributed by atoms with Crippen LogP contribution in [0.4, 0.5) is 0 Å². The summed E-state index contributed by atoms with van der Waals surface area (Å²) in [5.41, 5.74) is 5.38. The number of fused-ring (bicyclic) bond motifs is 1. The Kier molecular flexibility index (Phi) is 3.58. The zero-order valence-corrected chi connectivity index (χ0v) is 13.7. The van der Waals surface area contributed by atoms with Crippen LogP contribution < -0.4 is 0 Å². The molecule has 0 aliphatic heterocycles. The maximum atomic E-state index is 4.51. The second kappa shape index (κ2) is 5.89. The number of aromatic nitrogens is 4.